The van der Waals surface area contributed by atoms with E-state index in [4.69, 9.17) is 0 Å². The number of rotatable bonds is 3. The summed E-state index contributed by atoms with van der Waals surface area (Å²) in [6, 6.07) is 3.15. The lowest BCUT2D eigenvalue weighted by molar-refractivity contribution is -0.112. The summed E-state index contributed by atoms with van der Waals surface area (Å²) < 4.78 is 13.7. The molecular weight excluding hydrogens is 195 g/mol. The molecule has 0 aliphatic heterocycles. The van der Waals surface area contributed by atoms with Gasteiger partial charge in [0.2, 0.25) is 0 Å². The van der Waals surface area contributed by atoms with Crippen LogP contribution in [-0.2, 0) is 10.4 Å². The summed E-state index contributed by atoms with van der Waals surface area (Å²) in [6.45, 7) is 4.96. The predicted octanol–water partition coefficient (Wildman–Crippen LogP) is 2.24. The van der Waals surface area contributed by atoms with E-state index < -0.39 is 11.4 Å². The number of benzene rings is 1. The monoisotopic (exact) mass is 210 g/mol. The lowest BCUT2D eigenvalue weighted by Crippen LogP contribution is -2.24. The number of carbonyl (C=O) groups excluding carboxylic acids is 1. The van der Waals surface area contributed by atoms with Crippen LogP contribution in [0, 0.1) is 19.7 Å². The van der Waals surface area contributed by atoms with Gasteiger partial charge in [-0.2, -0.15) is 0 Å². The highest BCUT2D eigenvalue weighted by atomic mass is 19.1. The van der Waals surface area contributed by atoms with E-state index in [1.54, 1.807) is 19.9 Å². The average Bonchev–Trinajstić information content (AvgIpc) is 1.99. The number of carbonyl (C=O) groups is 1. The number of halogens is 1. The van der Waals surface area contributed by atoms with Crippen LogP contribution >= 0.6 is 0 Å². The number of aldehydes is 1. The second kappa shape index (κ2) is 4.11. The Kier molecular flexibility index (Phi) is 3.25. The summed E-state index contributed by atoms with van der Waals surface area (Å²) >= 11 is 0. The number of aliphatic hydroxyl groups is 1. The van der Waals surface area contributed by atoms with Crippen molar-refractivity contribution in [3.63, 3.8) is 0 Å². The molecule has 0 saturated heterocycles. The molecule has 0 aromatic heterocycles. The van der Waals surface area contributed by atoms with E-state index in [1.165, 1.54) is 13.0 Å². The number of hydrogen-bond donors (Lipinski definition) is 1. The molecule has 15 heavy (non-hydrogen) atoms. The fourth-order valence-electron chi connectivity index (χ4n) is 1.86. The molecule has 1 atom stereocenters. The molecule has 1 aromatic carbocycles. The zero-order valence-electron chi connectivity index (χ0n) is 9.17. The van der Waals surface area contributed by atoms with Crippen LogP contribution in [0.15, 0.2) is 12.1 Å². The maximum absolute atomic E-state index is 13.7. The molecule has 0 amide bonds. The van der Waals surface area contributed by atoms with Gasteiger partial charge in [0.1, 0.15) is 12.1 Å². The standard InChI is InChI=1S/C12H15FO2/c1-8-6-9(2)11(10(13)7-8)12(3,15)4-5-14/h5-7,15H,4H2,1-3H3. The van der Waals surface area contributed by atoms with Crippen molar-refractivity contribution in [2.45, 2.75) is 32.8 Å². The molecule has 0 aliphatic rings. The molecule has 1 N–H and O–H groups in total. The van der Waals surface area contributed by atoms with Gasteiger partial charge in [0, 0.05) is 12.0 Å². The van der Waals surface area contributed by atoms with Gasteiger partial charge in [0.15, 0.2) is 0 Å². The van der Waals surface area contributed by atoms with Crippen molar-refractivity contribution >= 4 is 6.29 Å². The van der Waals surface area contributed by atoms with Crippen LogP contribution < -0.4 is 0 Å². The van der Waals surface area contributed by atoms with Crippen LogP contribution in [-0.4, -0.2) is 11.4 Å². The highest BCUT2D eigenvalue weighted by Gasteiger charge is 2.28. The van der Waals surface area contributed by atoms with Crippen molar-refractivity contribution in [1.29, 1.82) is 0 Å². The normalized spacial score (nSPS) is 14.7. The van der Waals surface area contributed by atoms with Gasteiger partial charge in [-0.05, 0) is 38.0 Å². The van der Waals surface area contributed by atoms with Crippen molar-refractivity contribution in [2.75, 3.05) is 0 Å². The summed E-state index contributed by atoms with van der Waals surface area (Å²) in [5.74, 6) is -0.459. The predicted molar refractivity (Wildman–Crippen MR) is 56.1 cm³/mol. The zero-order chi connectivity index (χ0) is 11.6. The van der Waals surface area contributed by atoms with Crippen LogP contribution in [0.5, 0.6) is 0 Å². The van der Waals surface area contributed by atoms with Crippen molar-refractivity contribution in [3.05, 3.63) is 34.6 Å². The topological polar surface area (TPSA) is 37.3 Å². The second-order valence-electron chi connectivity index (χ2n) is 4.08. The van der Waals surface area contributed by atoms with Crippen LogP contribution in [0.1, 0.15) is 30.0 Å². The van der Waals surface area contributed by atoms with Crippen molar-refractivity contribution < 1.29 is 14.3 Å². The minimum absolute atomic E-state index is 0.103. The molecular formula is C12H15FO2. The van der Waals surface area contributed by atoms with Crippen molar-refractivity contribution in [3.8, 4) is 0 Å². The van der Waals surface area contributed by atoms with Gasteiger partial charge < -0.3 is 9.90 Å². The third-order valence-electron chi connectivity index (χ3n) is 2.45. The summed E-state index contributed by atoms with van der Waals surface area (Å²) in [4.78, 5) is 10.4. The van der Waals surface area contributed by atoms with Crippen LogP contribution in [0.2, 0.25) is 0 Å². The molecule has 0 fully saturated rings. The molecule has 1 aromatic rings. The summed E-state index contributed by atoms with van der Waals surface area (Å²) in [6.07, 6.45) is 0.493. The molecule has 2 nitrogen and oxygen atoms in total. The van der Waals surface area contributed by atoms with E-state index in [0.717, 1.165) is 5.56 Å². The quantitative estimate of drug-likeness (QED) is 0.777. The first kappa shape index (κ1) is 11.9. The summed E-state index contributed by atoms with van der Waals surface area (Å²) in [5, 5.41) is 9.97. The second-order valence-corrected chi connectivity index (χ2v) is 4.08. The van der Waals surface area contributed by atoms with Crippen molar-refractivity contribution in [2.24, 2.45) is 0 Å². The average molecular weight is 210 g/mol. The minimum Gasteiger partial charge on any atom is -0.385 e. The molecule has 0 heterocycles. The van der Waals surface area contributed by atoms with E-state index >= 15 is 0 Å². The van der Waals surface area contributed by atoms with E-state index in [2.05, 4.69) is 0 Å². The lowest BCUT2D eigenvalue weighted by Gasteiger charge is -2.24. The first-order valence-electron chi connectivity index (χ1n) is 4.81. The highest BCUT2D eigenvalue weighted by molar-refractivity contribution is 5.53. The Morgan fingerprint density at radius 3 is 2.53 bits per heavy atom. The smallest absolute Gasteiger partial charge is 0.129 e. The van der Waals surface area contributed by atoms with Gasteiger partial charge in [-0.15, -0.1) is 0 Å². The van der Waals surface area contributed by atoms with Crippen LogP contribution in [0.4, 0.5) is 4.39 Å². The zero-order valence-corrected chi connectivity index (χ0v) is 9.17. The third kappa shape index (κ3) is 2.42. The largest absolute Gasteiger partial charge is 0.385 e. The van der Waals surface area contributed by atoms with Gasteiger partial charge >= 0.3 is 0 Å². The molecule has 0 radical (unpaired) electrons. The fourth-order valence-corrected chi connectivity index (χ4v) is 1.86. The Morgan fingerprint density at radius 1 is 1.47 bits per heavy atom. The van der Waals surface area contributed by atoms with Gasteiger partial charge in [-0.3, -0.25) is 0 Å². The first-order valence-corrected chi connectivity index (χ1v) is 4.81. The Morgan fingerprint density at radius 2 is 2.07 bits per heavy atom. The molecule has 1 unspecified atom stereocenters. The van der Waals surface area contributed by atoms with Crippen molar-refractivity contribution in [1.82, 2.24) is 0 Å². The van der Waals surface area contributed by atoms with E-state index in [0.29, 0.717) is 11.8 Å². The summed E-state index contributed by atoms with van der Waals surface area (Å²) in [7, 11) is 0. The van der Waals surface area contributed by atoms with E-state index in [9.17, 15) is 14.3 Å². The number of aryl methyl sites for hydroxylation is 2. The Balaban J connectivity index is 3.30. The van der Waals surface area contributed by atoms with Crippen LogP contribution in [0.3, 0.4) is 0 Å². The maximum atomic E-state index is 13.7. The molecule has 1 rings (SSSR count). The van der Waals surface area contributed by atoms with Gasteiger partial charge in [0.05, 0.1) is 5.60 Å². The molecule has 0 aliphatic carbocycles. The Labute approximate surface area is 88.7 Å². The molecule has 82 valence electrons. The van der Waals surface area contributed by atoms with Gasteiger partial charge in [-0.1, -0.05) is 6.07 Å². The molecule has 0 bridgehead atoms. The maximum Gasteiger partial charge on any atom is 0.129 e. The summed E-state index contributed by atoms with van der Waals surface area (Å²) in [5.41, 5.74) is 0.249. The Hall–Kier alpha value is -1.22. The molecule has 3 heteroatoms. The fraction of sp³-hybridized carbons (Fsp3) is 0.417. The highest BCUT2D eigenvalue weighted by Crippen LogP contribution is 2.29. The third-order valence-corrected chi connectivity index (χ3v) is 2.45. The van der Waals surface area contributed by atoms with E-state index in [-0.39, 0.29) is 12.0 Å². The molecule has 0 spiro atoms. The minimum atomic E-state index is -1.43. The van der Waals surface area contributed by atoms with Crippen LogP contribution in [0.25, 0.3) is 0 Å². The SMILES string of the molecule is Cc1cc(C)c(C(C)(O)CC=O)c(F)c1. The number of hydrogen-bond acceptors (Lipinski definition) is 2. The van der Waals surface area contributed by atoms with Gasteiger partial charge in [-0.25, -0.2) is 4.39 Å². The van der Waals surface area contributed by atoms with Gasteiger partial charge in [0.25, 0.3) is 0 Å². The van der Waals surface area contributed by atoms with E-state index in [1.807, 2.05) is 0 Å². The first-order chi connectivity index (χ1) is 6.88. The lowest BCUT2D eigenvalue weighted by atomic mass is 9.88. The molecule has 0 saturated carbocycles. The Bertz CT molecular complexity index is 360.